The van der Waals surface area contributed by atoms with Gasteiger partial charge in [0.25, 0.3) is 0 Å². The Morgan fingerprint density at radius 1 is 1.16 bits per heavy atom. The summed E-state index contributed by atoms with van der Waals surface area (Å²) in [6.45, 7) is 0. The van der Waals surface area contributed by atoms with Crippen molar-refractivity contribution in [3.05, 3.63) is 36.4 Å². The second kappa shape index (κ2) is 5.75. The molecule has 0 aromatic heterocycles. The number of rotatable bonds is 4. The van der Waals surface area contributed by atoms with E-state index in [1.165, 1.54) is 18.4 Å². The lowest BCUT2D eigenvalue weighted by Gasteiger charge is -2.21. The van der Waals surface area contributed by atoms with E-state index in [-0.39, 0.29) is 0 Å². The standard InChI is InChI=1S/C14H20N2O2S/c1-16(2)19(17,18)14-10-8-13(9-11-14)15-12-6-4-3-5-7-12/h3-4,8-12,15H,5-7H2,1-2H3. The molecule has 0 fully saturated rings. The molecule has 0 bridgehead atoms. The molecule has 0 heterocycles. The van der Waals surface area contributed by atoms with Gasteiger partial charge in [-0.05, 0) is 43.5 Å². The molecule has 1 aliphatic carbocycles. The monoisotopic (exact) mass is 280 g/mol. The molecule has 2 rings (SSSR count). The Hall–Kier alpha value is -1.33. The minimum Gasteiger partial charge on any atom is -0.382 e. The lowest BCUT2D eigenvalue weighted by molar-refractivity contribution is 0.521. The summed E-state index contributed by atoms with van der Waals surface area (Å²) in [5.41, 5.74) is 0.970. The van der Waals surface area contributed by atoms with Gasteiger partial charge in [-0.15, -0.1) is 0 Å². The highest BCUT2D eigenvalue weighted by Crippen LogP contribution is 2.20. The van der Waals surface area contributed by atoms with E-state index in [1.807, 2.05) is 12.1 Å². The summed E-state index contributed by atoms with van der Waals surface area (Å²) in [5.74, 6) is 0. The van der Waals surface area contributed by atoms with E-state index in [4.69, 9.17) is 0 Å². The quantitative estimate of drug-likeness (QED) is 0.862. The third-order valence-corrected chi connectivity index (χ3v) is 5.10. The number of nitrogens with zero attached hydrogens (tertiary/aromatic N) is 1. The molecule has 1 aromatic carbocycles. The molecule has 0 radical (unpaired) electrons. The van der Waals surface area contributed by atoms with E-state index in [0.717, 1.165) is 24.9 Å². The molecule has 0 saturated carbocycles. The van der Waals surface area contributed by atoms with Gasteiger partial charge < -0.3 is 5.32 Å². The van der Waals surface area contributed by atoms with Crippen molar-refractivity contribution in [3.63, 3.8) is 0 Å². The molecule has 0 amide bonds. The minimum absolute atomic E-state index is 0.326. The van der Waals surface area contributed by atoms with Crippen LogP contribution in [-0.4, -0.2) is 32.9 Å². The van der Waals surface area contributed by atoms with E-state index in [2.05, 4.69) is 17.5 Å². The van der Waals surface area contributed by atoms with Crippen LogP contribution < -0.4 is 5.32 Å². The van der Waals surface area contributed by atoms with Crippen molar-refractivity contribution in [1.82, 2.24) is 4.31 Å². The van der Waals surface area contributed by atoms with E-state index >= 15 is 0 Å². The van der Waals surface area contributed by atoms with Crippen LogP contribution in [0.3, 0.4) is 0 Å². The Morgan fingerprint density at radius 2 is 1.84 bits per heavy atom. The molecular formula is C14H20N2O2S. The van der Waals surface area contributed by atoms with E-state index in [0.29, 0.717) is 10.9 Å². The summed E-state index contributed by atoms with van der Waals surface area (Å²) in [6.07, 6.45) is 7.63. The van der Waals surface area contributed by atoms with Gasteiger partial charge in [0.2, 0.25) is 10.0 Å². The van der Waals surface area contributed by atoms with Crippen molar-refractivity contribution in [2.45, 2.75) is 30.2 Å². The van der Waals surface area contributed by atoms with Crippen molar-refractivity contribution in [3.8, 4) is 0 Å². The number of anilines is 1. The van der Waals surface area contributed by atoms with Crippen LogP contribution in [0, 0.1) is 0 Å². The molecule has 1 N–H and O–H groups in total. The van der Waals surface area contributed by atoms with Crippen LogP contribution in [0.25, 0.3) is 0 Å². The van der Waals surface area contributed by atoms with Crippen LogP contribution >= 0.6 is 0 Å². The van der Waals surface area contributed by atoms with Gasteiger partial charge in [0.1, 0.15) is 0 Å². The van der Waals surface area contributed by atoms with Gasteiger partial charge in [0.15, 0.2) is 0 Å². The Balaban J connectivity index is 2.08. The first-order chi connectivity index (χ1) is 9.00. The fourth-order valence-corrected chi connectivity index (χ4v) is 3.00. The highest BCUT2D eigenvalue weighted by atomic mass is 32.2. The average Bonchev–Trinajstić information content (AvgIpc) is 2.40. The van der Waals surface area contributed by atoms with Gasteiger partial charge in [-0.2, -0.15) is 0 Å². The number of hydrogen-bond donors (Lipinski definition) is 1. The zero-order valence-electron chi connectivity index (χ0n) is 11.3. The molecule has 4 nitrogen and oxygen atoms in total. The Kier molecular flexibility index (Phi) is 4.27. The number of sulfonamides is 1. The first-order valence-corrected chi connectivity index (χ1v) is 7.88. The molecule has 0 spiro atoms. The fraction of sp³-hybridized carbons (Fsp3) is 0.429. The summed E-state index contributed by atoms with van der Waals surface area (Å²) in [5, 5.41) is 3.43. The second-order valence-electron chi connectivity index (χ2n) is 4.94. The van der Waals surface area contributed by atoms with Gasteiger partial charge in [0.05, 0.1) is 4.90 Å². The predicted molar refractivity (Wildman–Crippen MR) is 77.7 cm³/mol. The van der Waals surface area contributed by atoms with Crippen LogP contribution in [0.2, 0.25) is 0 Å². The van der Waals surface area contributed by atoms with Gasteiger partial charge in [0, 0.05) is 25.8 Å². The highest BCUT2D eigenvalue weighted by Gasteiger charge is 2.17. The fourth-order valence-electron chi connectivity index (χ4n) is 2.09. The largest absolute Gasteiger partial charge is 0.382 e. The molecule has 1 atom stereocenters. The molecule has 1 aliphatic rings. The third kappa shape index (κ3) is 3.36. The van der Waals surface area contributed by atoms with Crippen LogP contribution in [0.5, 0.6) is 0 Å². The molecule has 1 unspecified atom stereocenters. The summed E-state index contributed by atoms with van der Waals surface area (Å²) in [6, 6.07) is 7.40. The number of hydrogen-bond acceptors (Lipinski definition) is 3. The zero-order chi connectivity index (χ0) is 13.9. The second-order valence-corrected chi connectivity index (χ2v) is 7.09. The Morgan fingerprint density at radius 3 is 2.37 bits per heavy atom. The lowest BCUT2D eigenvalue weighted by atomic mass is 10.0. The van der Waals surface area contributed by atoms with Crippen molar-refractivity contribution in [2.75, 3.05) is 19.4 Å². The SMILES string of the molecule is CN(C)S(=O)(=O)c1ccc(NC2CC=CCC2)cc1. The smallest absolute Gasteiger partial charge is 0.242 e. The molecule has 104 valence electrons. The lowest BCUT2D eigenvalue weighted by Crippen LogP contribution is -2.22. The summed E-state index contributed by atoms with van der Waals surface area (Å²) < 4.78 is 25.1. The molecular weight excluding hydrogens is 260 g/mol. The summed E-state index contributed by atoms with van der Waals surface area (Å²) in [4.78, 5) is 0.326. The maximum absolute atomic E-state index is 11.9. The van der Waals surface area contributed by atoms with Gasteiger partial charge in [-0.25, -0.2) is 12.7 Å². The summed E-state index contributed by atoms with van der Waals surface area (Å²) >= 11 is 0. The minimum atomic E-state index is -3.33. The summed E-state index contributed by atoms with van der Waals surface area (Å²) in [7, 11) is -0.257. The van der Waals surface area contributed by atoms with E-state index in [9.17, 15) is 8.42 Å². The molecule has 0 aliphatic heterocycles. The highest BCUT2D eigenvalue weighted by molar-refractivity contribution is 7.89. The maximum Gasteiger partial charge on any atom is 0.242 e. The van der Waals surface area contributed by atoms with Crippen LogP contribution in [0.1, 0.15) is 19.3 Å². The van der Waals surface area contributed by atoms with Gasteiger partial charge >= 0.3 is 0 Å². The van der Waals surface area contributed by atoms with Crippen molar-refractivity contribution in [2.24, 2.45) is 0 Å². The topological polar surface area (TPSA) is 49.4 Å². The van der Waals surface area contributed by atoms with Crippen molar-refractivity contribution >= 4 is 15.7 Å². The number of nitrogens with one attached hydrogen (secondary N) is 1. The average molecular weight is 280 g/mol. The Bertz CT molecular complexity index is 547. The predicted octanol–water partition coefficient (Wildman–Crippen LogP) is 2.46. The van der Waals surface area contributed by atoms with Crippen LogP contribution in [-0.2, 0) is 10.0 Å². The van der Waals surface area contributed by atoms with Crippen molar-refractivity contribution < 1.29 is 8.42 Å². The molecule has 0 saturated heterocycles. The van der Waals surface area contributed by atoms with Crippen molar-refractivity contribution in [1.29, 1.82) is 0 Å². The first kappa shape index (κ1) is 14.1. The maximum atomic E-state index is 11.9. The van der Waals surface area contributed by atoms with Crippen LogP contribution in [0.15, 0.2) is 41.3 Å². The van der Waals surface area contributed by atoms with Gasteiger partial charge in [-0.1, -0.05) is 12.2 Å². The third-order valence-electron chi connectivity index (χ3n) is 3.27. The molecule has 1 aromatic rings. The number of allylic oxidation sites excluding steroid dienone is 1. The number of benzene rings is 1. The Labute approximate surface area is 115 Å². The first-order valence-electron chi connectivity index (χ1n) is 6.44. The van der Waals surface area contributed by atoms with Gasteiger partial charge in [-0.3, -0.25) is 0 Å². The van der Waals surface area contributed by atoms with E-state index in [1.54, 1.807) is 12.1 Å². The normalized spacial score (nSPS) is 19.6. The molecule has 5 heteroatoms. The van der Waals surface area contributed by atoms with E-state index < -0.39 is 10.0 Å². The van der Waals surface area contributed by atoms with Crippen LogP contribution in [0.4, 0.5) is 5.69 Å². The molecule has 19 heavy (non-hydrogen) atoms. The zero-order valence-corrected chi connectivity index (χ0v) is 12.2.